The molecule has 0 radical (unpaired) electrons. The maximum Gasteiger partial charge on any atom is 0.191 e. The van der Waals surface area contributed by atoms with Crippen LogP contribution in [-0.4, -0.2) is 63.3 Å². The van der Waals surface area contributed by atoms with Crippen LogP contribution in [0.25, 0.3) is 0 Å². The van der Waals surface area contributed by atoms with E-state index < -0.39 is 0 Å². The Morgan fingerprint density at radius 3 is 2.52 bits per heavy atom. The Morgan fingerprint density at radius 1 is 1.19 bits per heavy atom. The molecule has 0 bridgehead atoms. The van der Waals surface area contributed by atoms with Gasteiger partial charge in [0, 0.05) is 32.7 Å². The van der Waals surface area contributed by atoms with Gasteiger partial charge in [0.2, 0.25) is 0 Å². The van der Waals surface area contributed by atoms with E-state index in [4.69, 9.17) is 4.74 Å². The van der Waals surface area contributed by atoms with Gasteiger partial charge in [-0.2, -0.15) is 0 Å². The van der Waals surface area contributed by atoms with Crippen LogP contribution in [0.2, 0.25) is 0 Å². The van der Waals surface area contributed by atoms with Crippen molar-refractivity contribution >= 4 is 29.9 Å². The summed E-state index contributed by atoms with van der Waals surface area (Å²) in [6.07, 6.45) is 2.42. The molecule has 0 spiro atoms. The molecule has 1 aliphatic heterocycles. The van der Waals surface area contributed by atoms with Crippen molar-refractivity contribution in [2.75, 3.05) is 52.5 Å². The number of aliphatic imine (C=N–C) groups is 1. The van der Waals surface area contributed by atoms with Crippen LogP contribution in [0.15, 0.2) is 4.99 Å². The number of guanidine groups is 1. The number of nitrogens with zero attached hydrogens (tertiary/aromatic N) is 2. The molecule has 0 aromatic rings. The number of unbranched alkanes of at least 4 members (excludes halogenated alkanes) is 1. The molecule has 1 rings (SSSR count). The zero-order valence-corrected chi connectivity index (χ0v) is 16.2. The highest BCUT2D eigenvalue weighted by molar-refractivity contribution is 14.0. The molecular formula is C15H33IN4O. The first kappa shape index (κ1) is 20.9. The zero-order valence-electron chi connectivity index (χ0n) is 13.9. The van der Waals surface area contributed by atoms with Gasteiger partial charge in [-0.05, 0) is 32.2 Å². The molecule has 1 aliphatic rings. The Morgan fingerprint density at radius 2 is 1.90 bits per heavy atom. The van der Waals surface area contributed by atoms with E-state index in [0.29, 0.717) is 5.92 Å². The maximum absolute atomic E-state index is 5.35. The topological polar surface area (TPSA) is 48.9 Å². The van der Waals surface area contributed by atoms with Crippen LogP contribution < -0.4 is 10.6 Å². The fourth-order valence-corrected chi connectivity index (χ4v) is 2.11. The molecule has 0 unspecified atom stereocenters. The summed E-state index contributed by atoms with van der Waals surface area (Å²) in [4.78, 5) is 7.06. The first-order valence-electron chi connectivity index (χ1n) is 8.04. The average Bonchev–Trinajstić information content (AvgIpc) is 2.45. The second-order valence-electron chi connectivity index (χ2n) is 5.70. The molecular weight excluding hydrogens is 379 g/mol. The van der Waals surface area contributed by atoms with Gasteiger partial charge < -0.3 is 15.4 Å². The summed E-state index contributed by atoms with van der Waals surface area (Å²) in [7, 11) is 0. The molecule has 1 fully saturated rings. The van der Waals surface area contributed by atoms with Gasteiger partial charge in [0.15, 0.2) is 5.96 Å². The summed E-state index contributed by atoms with van der Waals surface area (Å²) in [6.45, 7) is 14.4. The fourth-order valence-electron chi connectivity index (χ4n) is 2.11. The molecule has 1 heterocycles. The van der Waals surface area contributed by atoms with Crippen molar-refractivity contribution in [3.8, 4) is 0 Å². The Kier molecular flexibility index (Phi) is 13.5. The molecule has 21 heavy (non-hydrogen) atoms. The lowest BCUT2D eigenvalue weighted by molar-refractivity contribution is 0.0372. The predicted molar refractivity (Wildman–Crippen MR) is 101 cm³/mol. The summed E-state index contributed by atoms with van der Waals surface area (Å²) in [5.74, 6) is 1.55. The number of hydrogen-bond acceptors (Lipinski definition) is 3. The Balaban J connectivity index is 0.00000400. The standard InChI is InChI=1S/C15H32N4O.HI/c1-4-16-15(18-13-14(2)3)17-7-5-6-8-19-9-11-20-12-10-19;/h14H,4-13H2,1-3H3,(H2,16,17,18);1H. The van der Waals surface area contributed by atoms with E-state index in [0.717, 1.165) is 51.9 Å². The number of halogens is 1. The molecule has 0 saturated carbocycles. The quantitative estimate of drug-likeness (QED) is 0.277. The lowest BCUT2D eigenvalue weighted by Gasteiger charge is -2.26. The highest BCUT2D eigenvalue weighted by Crippen LogP contribution is 1.99. The van der Waals surface area contributed by atoms with E-state index in [1.807, 2.05) is 0 Å². The zero-order chi connectivity index (χ0) is 14.6. The van der Waals surface area contributed by atoms with Crippen molar-refractivity contribution in [1.29, 1.82) is 0 Å². The number of nitrogens with one attached hydrogen (secondary N) is 2. The number of hydrogen-bond donors (Lipinski definition) is 2. The van der Waals surface area contributed by atoms with Crippen LogP contribution in [0.4, 0.5) is 0 Å². The number of ether oxygens (including phenoxy) is 1. The third-order valence-corrected chi connectivity index (χ3v) is 3.26. The van der Waals surface area contributed by atoms with Crippen LogP contribution >= 0.6 is 24.0 Å². The molecule has 0 aromatic carbocycles. The minimum Gasteiger partial charge on any atom is -0.379 e. The Hall–Kier alpha value is -0.0800. The van der Waals surface area contributed by atoms with Gasteiger partial charge in [-0.15, -0.1) is 24.0 Å². The minimum atomic E-state index is 0. The van der Waals surface area contributed by atoms with E-state index in [-0.39, 0.29) is 24.0 Å². The monoisotopic (exact) mass is 412 g/mol. The van der Waals surface area contributed by atoms with Crippen LogP contribution in [0.1, 0.15) is 33.6 Å². The van der Waals surface area contributed by atoms with Gasteiger partial charge >= 0.3 is 0 Å². The summed E-state index contributed by atoms with van der Waals surface area (Å²) in [6, 6.07) is 0. The van der Waals surface area contributed by atoms with Gasteiger partial charge in [0.25, 0.3) is 0 Å². The highest BCUT2D eigenvalue weighted by atomic mass is 127. The van der Waals surface area contributed by atoms with Crippen molar-refractivity contribution in [1.82, 2.24) is 15.5 Å². The van der Waals surface area contributed by atoms with Crippen molar-refractivity contribution in [2.24, 2.45) is 10.9 Å². The largest absolute Gasteiger partial charge is 0.379 e. The SMILES string of the molecule is CCNC(=NCC(C)C)NCCCCN1CCOCC1.I. The fraction of sp³-hybridized carbons (Fsp3) is 0.933. The molecule has 5 nitrogen and oxygen atoms in total. The van der Waals surface area contributed by atoms with E-state index in [2.05, 4.69) is 41.3 Å². The van der Waals surface area contributed by atoms with Gasteiger partial charge in [-0.1, -0.05) is 13.8 Å². The molecule has 0 aromatic heterocycles. The summed E-state index contributed by atoms with van der Waals surface area (Å²) in [5.41, 5.74) is 0. The second-order valence-corrected chi connectivity index (χ2v) is 5.70. The number of morpholine rings is 1. The highest BCUT2D eigenvalue weighted by Gasteiger charge is 2.08. The molecule has 0 aliphatic carbocycles. The van der Waals surface area contributed by atoms with Gasteiger partial charge in [-0.25, -0.2) is 0 Å². The summed E-state index contributed by atoms with van der Waals surface area (Å²) >= 11 is 0. The lowest BCUT2D eigenvalue weighted by Crippen LogP contribution is -2.39. The van der Waals surface area contributed by atoms with Gasteiger partial charge in [-0.3, -0.25) is 9.89 Å². The molecule has 0 atom stereocenters. The Labute approximate surface area is 147 Å². The van der Waals surface area contributed by atoms with Gasteiger partial charge in [0.1, 0.15) is 0 Å². The molecule has 1 saturated heterocycles. The third kappa shape index (κ3) is 11.2. The van der Waals surface area contributed by atoms with E-state index in [9.17, 15) is 0 Å². The number of rotatable bonds is 8. The van der Waals surface area contributed by atoms with E-state index in [1.165, 1.54) is 19.4 Å². The maximum atomic E-state index is 5.35. The third-order valence-electron chi connectivity index (χ3n) is 3.26. The van der Waals surface area contributed by atoms with Crippen molar-refractivity contribution in [3.05, 3.63) is 0 Å². The van der Waals surface area contributed by atoms with Crippen LogP contribution in [-0.2, 0) is 4.74 Å². The summed E-state index contributed by atoms with van der Waals surface area (Å²) in [5, 5.41) is 6.70. The van der Waals surface area contributed by atoms with E-state index >= 15 is 0 Å². The van der Waals surface area contributed by atoms with Crippen LogP contribution in [0, 0.1) is 5.92 Å². The lowest BCUT2D eigenvalue weighted by atomic mass is 10.2. The van der Waals surface area contributed by atoms with Crippen LogP contribution in [0.5, 0.6) is 0 Å². The molecule has 126 valence electrons. The summed E-state index contributed by atoms with van der Waals surface area (Å²) < 4.78 is 5.35. The van der Waals surface area contributed by atoms with Gasteiger partial charge in [0.05, 0.1) is 13.2 Å². The second kappa shape index (κ2) is 13.6. The van der Waals surface area contributed by atoms with Crippen molar-refractivity contribution in [2.45, 2.75) is 33.6 Å². The van der Waals surface area contributed by atoms with E-state index in [1.54, 1.807) is 0 Å². The first-order chi connectivity index (χ1) is 9.72. The van der Waals surface area contributed by atoms with Crippen molar-refractivity contribution < 1.29 is 4.74 Å². The average molecular weight is 412 g/mol. The smallest absolute Gasteiger partial charge is 0.191 e. The Bertz CT molecular complexity index is 268. The van der Waals surface area contributed by atoms with Crippen molar-refractivity contribution in [3.63, 3.8) is 0 Å². The normalized spacial score (nSPS) is 16.7. The molecule has 0 amide bonds. The minimum absolute atomic E-state index is 0. The molecule has 6 heteroatoms. The predicted octanol–water partition coefficient (Wildman–Crippen LogP) is 1.93. The first-order valence-corrected chi connectivity index (χ1v) is 8.04. The molecule has 2 N–H and O–H groups in total. The van der Waals surface area contributed by atoms with Crippen LogP contribution in [0.3, 0.4) is 0 Å².